The van der Waals surface area contributed by atoms with Crippen LogP contribution in [0.15, 0.2) is 42.6 Å². The lowest BCUT2D eigenvalue weighted by Crippen LogP contribution is -2.48. The highest BCUT2D eigenvalue weighted by atomic mass is 16.6. The minimum atomic E-state index is -0.783. The Hall–Kier alpha value is -3.75. The SMILES string of the molecule is CCOC(=O)NN(C(=O)OCC)c1c(-c2ccc(OC)cc2)nc2ccc(C)cn12. The summed E-state index contributed by atoms with van der Waals surface area (Å²) < 4.78 is 17.1. The quantitative estimate of drug-likeness (QED) is 0.638. The normalized spacial score (nSPS) is 10.5. The third kappa shape index (κ3) is 4.29. The summed E-state index contributed by atoms with van der Waals surface area (Å²) in [5.41, 5.74) is 5.22. The van der Waals surface area contributed by atoms with Crippen LogP contribution in [0.3, 0.4) is 0 Å². The number of hydrazine groups is 1. The van der Waals surface area contributed by atoms with Crippen LogP contribution in [0.4, 0.5) is 15.4 Å². The molecule has 0 radical (unpaired) electrons. The molecule has 0 saturated carbocycles. The summed E-state index contributed by atoms with van der Waals surface area (Å²) in [5, 5.41) is 1.01. The van der Waals surface area contributed by atoms with Gasteiger partial charge in [-0.2, -0.15) is 5.01 Å². The van der Waals surface area contributed by atoms with Crippen LogP contribution in [0, 0.1) is 6.92 Å². The molecular formula is C21H24N4O5. The molecule has 3 rings (SSSR count). The van der Waals surface area contributed by atoms with E-state index in [4.69, 9.17) is 14.2 Å². The Kier molecular flexibility index (Phi) is 6.41. The van der Waals surface area contributed by atoms with E-state index in [9.17, 15) is 9.59 Å². The Bertz CT molecular complexity index is 1050. The number of ether oxygens (including phenoxy) is 3. The third-order valence-electron chi connectivity index (χ3n) is 4.25. The lowest BCUT2D eigenvalue weighted by Gasteiger charge is -2.22. The topological polar surface area (TPSA) is 94.4 Å². The van der Waals surface area contributed by atoms with Crippen LogP contribution >= 0.6 is 0 Å². The lowest BCUT2D eigenvalue weighted by atomic mass is 10.1. The number of nitrogens with zero attached hydrogens (tertiary/aromatic N) is 3. The minimum absolute atomic E-state index is 0.132. The van der Waals surface area contributed by atoms with Crippen molar-refractivity contribution >= 4 is 23.7 Å². The van der Waals surface area contributed by atoms with Gasteiger partial charge in [-0.25, -0.2) is 20.0 Å². The van der Waals surface area contributed by atoms with Crippen LogP contribution in [-0.2, 0) is 9.47 Å². The second-order valence-corrected chi connectivity index (χ2v) is 6.31. The monoisotopic (exact) mass is 412 g/mol. The van der Waals surface area contributed by atoms with Gasteiger partial charge in [0.25, 0.3) is 0 Å². The van der Waals surface area contributed by atoms with E-state index in [-0.39, 0.29) is 13.2 Å². The zero-order chi connectivity index (χ0) is 21.7. The number of nitrogens with one attached hydrogen (secondary N) is 1. The Labute approximate surface area is 174 Å². The van der Waals surface area contributed by atoms with Crippen molar-refractivity contribution in [2.75, 3.05) is 25.3 Å². The van der Waals surface area contributed by atoms with E-state index in [1.807, 2.05) is 37.4 Å². The first-order valence-electron chi connectivity index (χ1n) is 9.51. The van der Waals surface area contributed by atoms with Gasteiger partial charge < -0.3 is 14.2 Å². The van der Waals surface area contributed by atoms with E-state index in [0.29, 0.717) is 22.9 Å². The molecule has 0 saturated heterocycles. The molecule has 0 atom stereocenters. The molecule has 1 N–H and O–H groups in total. The molecule has 0 spiro atoms. The summed E-state index contributed by atoms with van der Waals surface area (Å²) in [6.45, 7) is 5.56. The summed E-state index contributed by atoms with van der Waals surface area (Å²) in [4.78, 5) is 29.6. The number of fused-ring (bicyclic) bond motifs is 1. The molecule has 2 aromatic heterocycles. The molecule has 0 aliphatic carbocycles. The van der Waals surface area contributed by atoms with Crippen molar-refractivity contribution < 1.29 is 23.8 Å². The van der Waals surface area contributed by atoms with E-state index >= 15 is 0 Å². The van der Waals surface area contributed by atoms with Crippen LogP contribution in [0.25, 0.3) is 16.9 Å². The fraction of sp³-hybridized carbons (Fsp3) is 0.286. The van der Waals surface area contributed by atoms with Gasteiger partial charge in [0.05, 0.1) is 20.3 Å². The summed E-state index contributed by atoms with van der Waals surface area (Å²) in [5.74, 6) is 1.01. The molecule has 2 heterocycles. The molecule has 9 heteroatoms. The second kappa shape index (κ2) is 9.17. The van der Waals surface area contributed by atoms with Gasteiger partial charge in [-0.05, 0) is 56.7 Å². The van der Waals surface area contributed by atoms with E-state index in [2.05, 4.69) is 10.4 Å². The maximum atomic E-state index is 12.8. The number of carbonyl (C=O) groups excluding carboxylic acids is 2. The van der Waals surface area contributed by atoms with Crippen molar-refractivity contribution in [3.05, 3.63) is 48.2 Å². The van der Waals surface area contributed by atoms with Gasteiger partial charge in [0.15, 0.2) is 5.82 Å². The first-order valence-corrected chi connectivity index (χ1v) is 9.51. The number of aryl methyl sites for hydroxylation is 1. The van der Waals surface area contributed by atoms with E-state index < -0.39 is 12.2 Å². The maximum absolute atomic E-state index is 12.8. The van der Waals surface area contributed by atoms with E-state index in [0.717, 1.165) is 16.1 Å². The molecule has 1 aromatic carbocycles. The average molecular weight is 412 g/mol. The zero-order valence-electron chi connectivity index (χ0n) is 17.3. The van der Waals surface area contributed by atoms with Crippen molar-refractivity contribution in [2.24, 2.45) is 0 Å². The molecule has 158 valence electrons. The summed E-state index contributed by atoms with van der Waals surface area (Å²) in [6.07, 6.45) is 0.279. The predicted molar refractivity (Wildman–Crippen MR) is 112 cm³/mol. The van der Waals surface area contributed by atoms with Gasteiger partial charge in [0.2, 0.25) is 0 Å². The van der Waals surface area contributed by atoms with Crippen LogP contribution in [0.1, 0.15) is 19.4 Å². The zero-order valence-corrected chi connectivity index (χ0v) is 17.3. The standard InChI is InChI=1S/C21H24N4O5/c1-5-29-20(26)23-25(21(27)30-6-2)19-18(15-8-10-16(28-4)11-9-15)22-17-12-7-14(3)13-24(17)19/h7-13H,5-6H2,1-4H3,(H,23,26). The molecule has 0 bridgehead atoms. The first kappa shape index (κ1) is 21.0. The van der Waals surface area contributed by atoms with Crippen molar-refractivity contribution in [1.29, 1.82) is 0 Å². The number of rotatable bonds is 5. The number of aromatic nitrogens is 2. The molecule has 0 aliphatic rings. The molecule has 30 heavy (non-hydrogen) atoms. The van der Waals surface area contributed by atoms with Gasteiger partial charge in [0.1, 0.15) is 17.1 Å². The molecule has 0 unspecified atom stereocenters. The fourth-order valence-electron chi connectivity index (χ4n) is 2.92. The molecular weight excluding hydrogens is 388 g/mol. The highest BCUT2D eigenvalue weighted by Gasteiger charge is 2.28. The van der Waals surface area contributed by atoms with Crippen molar-refractivity contribution in [3.63, 3.8) is 0 Å². The highest BCUT2D eigenvalue weighted by Crippen LogP contribution is 2.32. The summed E-state index contributed by atoms with van der Waals surface area (Å²) >= 11 is 0. The number of amides is 2. The summed E-state index contributed by atoms with van der Waals surface area (Å²) in [6, 6.07) is 11.0. The van der Waals surface area contributed by atoms with Crippen LogP contribution in [0.2, 0.25) is 0 Å². The van der Waals surface area contributed by atoms with Gasteiger partial charge in [-0.15, -0.1) is 0 Å². The largest absolute Gasteiger partial charge is 0.497 e. The van der Waals surface area contributed by atoms with Crippen LogP contribution < -0.4 is 15.2 Å². The van der Waals surface area contributed by atoms with Crippen molar-refractivity contribution in [3.8, 4) is 17.0 Å². The third-order valence-corrected chi connectivity index (χ3v) is 4.25. The number of carbonyl (C=O) groups is 2. The molecule has 9 nitrogen and oxygen atoms in total. The Morgan fingerprint density at radius 2 is 1.77 bits per heavy atom. The van der Waals surface area contributed by atoms with Gasteiger partial charge >= 0.3 is 12.2 Å². The average Bonchev–Trinajstić information content (AvgIpc) is 3.10. The van der Waals surface area contributed by atoms with Gasteiger partial charge in [-0.3, -0.25) is 4.40 Å². The second-order valence-electron chi connectivity index (χ2n) is 6.31. The first-order chi connectivity index (χ1) is 14.5. The molecule has 0 aliphatic heterocycles. The smallest absolute Gasteiger partial charge is 0.435 e. The van der Waals surface area contributed by atoms with Gasteiger partial charge in [0, 0.05) is 11.8 Å². The fourth-order valence-corrected chi connectivity index (χ4v) is 2.92. The van der Waals surface area contributed by atoms with Crippen LogP contribution in [-0.4, -0.2) is 41.9 Å². The summed E-state index contributed by atoms with van der Waals surface area (Å²) in [7, 11) is 1.58. The Morgan fingerprint density at radius 1 is 1.07 bits per heavy atom. The van der Waals surface area contributed by atoms with E-state index in [1.54, 1.807) is 37.5 Å². The predicted octanol–water partition coefficient (Wildman–Crippen LogP) is 3.94. The van der Waals surface area contributed by atoms with Crippen LogP contribution in [0.5, 0.6) is 5.75 Å². The lowest BCUT2D eigenvalue weighted by molar-refractivity contribution is 0.138. The number of methoxy groups -OCH3 is 1. The van der Waals surface area contributed by atoms with Gasteiger partial charge in [-0.1, -0.05) is 6.07 Å². The minimum Gasteiger partial charge on any atom is -0.497 e. The van der Waals surface area contributed by atoms with Crippen molar-refractivity contribution in [1.82, 2.24) is 14.8 Å². The number of benzene rings is 1. The maximum Gasteiger partial charge on any atom is 0.435 e. The van der Waals surface area contributed by atoms with E-state index in [1.165, 1.54) is 0 Å². The Balaban J connectivity index is 2.21. The number of imidazole rings is 1. The number of hydrogen-bond donors (Lipinski definition) is 1. The Morgan fingerprint density at radius 3 is 2.40 bits per heavy atom. The number of anilines is 1. The number of hydrogen-bond acceptors (Lipinski definition) is 6. The molecule has 0 fully saturated rings. The number of pyridine rings is 1. The molecule has 3 aromatic rings. The van der Waals surface area contributed by atoms with Crippen molar-refractivity contribution in [2.45, 2.75) is 20.8 Å². The molecule has 2 amide bonds. The highest BCUT2D eigenvalue weighted by molar-refractivity contribution is 5.94.